The van der Waals surface area contributed by atoms with Gasteiger partial charge in [-0.1, -0.05) is 31.0 Å². The highest BCUT2D eigenvalue weighted by molar-refractivity contribution is 7.99. The zero-order valence-corrected chi connectivity index (χ0v) is 22.0. The van der Waals surface area contributed by atoms with Crippen LogP contribution >= 0.6 is 34.4 Å². The summed E-state index contributed by atoms with van der Waals surface area (Å²) in [7, 11) is 0. The van der Waals surface area contributed by atoms with Gasteiger partial charge < -0.3 is 5.32 Å². The number of aromatic nitrogens is 2. The van der Waals surface area contributed by atoms with Gasteiger partial charge in [-0.3, -0.25) is 14.2 Å². The Hall–Kier alpha value is -2.15. The number of thiophene rings is 2. The van der Waals surface area contributed by atoms with Gasteiger partial charge in [0.15, 0.2) is 5.16 Å². The van der Waals surface area contributed by atoms with Crippen LogP contribution in [0.4, 0.5) is 5.00 Å². The lowest BCUT2D eigenvalue weighted by Crippen LogP contribution is -2.29. The Bertz CT molecular complexity index is 1360. The topological polar surface area (TPSA) is 87.8 Å². The van der Waals surface area contributed by atoms with Crippen LogP contribution in [0.1, 0.15) is 77.4 Å². The molecule has 3 aromatic heterocycles. The fraction of sp³-hybridized carbons (Fsp3) is 0.520. The molecule has 0 unspecified atom stereocenters. The summed E-state index contributed by atoms with van der Waals surface area (Å²) in [5, 5.41) is 14.7. The fourth-order valence-corrected chi connectivity index (χ4v) is 8.31. The number of carbonyl (C=O) groups is 1. The van der Waals surface area contributed by atoms with Crippen LogP contribution < -0.4 is 10.9 Å². The van der Waals surface area contributed by atoms with Crippen molar-refractivity contribution in [3.05, 3.63) is 36.8 Å². The van der Waals surface area contributed by atoms with Gasteiger partial charge >= 0.3 is 0 Å². The van der Waals surface area contributed by atoms with Crippen molar-refractivity contribution in [3.63, 3.8) is 0 Å². The number of nitrogens with zero attached hydrogens (tertiary/aromatic N) is 3. The number of nitrogens with one attached hydrogen (secondary N) is 1. The summed E-state index contributed by atoms with van der Waals surface area (Å²) in [4.78, 5) is 34.5. The zero-order valence-electron chi connectivity index (χ0n) is 19.5. The van der Waals surface area contributed by atoms with Crippen LogP contribution in [0.5, 0.6) is 0 Å². The standard InChI is InChI=1S/C25H28N4O2S3/c1-14-15(2)33-23-21(14)24(31)29(16-8-4-3-5-9-16)25(28-23)32-13-20(30)27-22-18(12-26)17-10-6-7-11-19(17)34-22/h16H,3-11,13H2,1-2H3,(H,27,30). The maximum Gasteiger partial charge on any atom is 0.263 e. The number of rotatable bonds is 5. The minimum Gasteiger partial charge on any atom is -0.316 e. The number of carbonyl (C=O) groups excluding carboxylic acids is 1. The Balaban J connectivity index is 1.41. The molecule has 1 amide bonds. The molecule has 2 aliphatic carbocycles. The van der Waals surface area contributed by atoms with Gasteiger partial charge in [0.1, 0.15) is 15.9 Å². The second-order valence-electron chi connectivity index (χ2n) is 9.19. The van der Waals surface area contributed by atoms with Crippen LogP contribution in [-0.4, -0.2) is 21.2 Å². The first-order chi connectivity index (χ1) is 16.5. The highest BCUT2D eigenvalue weighted by Crippen LogP contribution is 2.38. The van der Waals surface area contributed by atoms with Crippen molar-refractivity contribution >= 4 is 55.6 Å². The van der Waals surface area contributed by atoms with Crippen molar-refractivity contribution in [2.75, 3.05) is 11.1 Å². The van der Waals surface area contributed by atoms with Crippen LogP contribution in [-0.2, 0) is 17.6 Å². The largest absolute Gasteiger partial charge is 0.316 e. The summed E-state index contributed by atoms with van der Waals surface area (Å²) < 4.78 is 1.86. The molecule has 0 aromatic carbocycles. The maximum atomic E-state index is 13.6. The van der Waals surface area contributed by atoms with Crippen LogP contribution in [0, 0.1) is 25.2 Å². The predicted octanol–water partition coefficient (Wildman–Crippen LogP) is 6.12. The number of thioether (sulfide) groups is 1. The van der Waals surface area contributed by atoms with E-state index in [0.29, 0.717) is 15.7 Å². The van der Waals surface area contributed by atoms with Gasteiger partial charge in [0, 0.05) is 15.8 Å². The molecule has 178 valence electrons. The fourth-order valence-electron chi connectivity index (χ4n) is 5.12. The van der Waals surface area contributed by atoms with E-state index >= 15 is 0 Å². The van der Waals surface area contributed by atoms with E-state index in [4.69, 9.17) is 4.98 Å². The number of hydrogen-bond acceptors (Lipinski definition) is 7. The normalized spacial score (nSPS) is 16.4. The van der Waals surface area contributed by atoms with Gasteiger partial charge in [-0.25, -0.2) is 4.98 Å². The lowest BCUT2D eigenvalue weighted by Gasteiger charge is -2.25. The molecule has 0 atom stereocenters. The quantitative estimate of drug-likeness (QED) is 0.328. The third kappa shape index (κ3) is 4.32. The second kappa shape index (κ2) is 9.84. The molecule has 3 aromatic rings. The average Bonchev–Trinajstić information content (AvgIpc) is 3.33. The molecule has 0 spiro atoms. The zero-order chi connectivity index (χ0) is 23.8. The number of amides is 1. The van der Waals surface area contributed by atoms with Crippen molar-refractivity contribution in [3.8, 4) is 6.07 Å². The minimum atomic E-state index is -0.164. The van der Waals surface area contributed by atoms with E-state index in [2.05, 4.69) is 11.4 Å². The lowest BCUT2D eigenvalue weighted by molar-refractivity contribution is -0.113. The number of aryl methyl sites for hydroxylation is 3. The highest BCUT2D eigenvalue weighted by atomic mass is 32.2. The lowest BCUT2D eigenvalue weighted by atomic mass is 9.95. The number of anilines is 1. The van der Waals surface area contributed by atoms with Crippen molar-refractivity contribution in [2.24, 2.45) is 0 Å². The monoisotopic (exact) mass is 512 g/mol. The molecule has 9 heteroatoms. The number of hydrogen-bond donors (Lipinski definition) is 1. The Labute approximate surface area is 211 Å². The van der Waals surface area contributed by atoms with Gasteiger partial charge in [0.05, 0.1) is 16.7 Å². The minimum absolute atomic E-state index is 0.0272. The summed E-state index contributed by atoms with van der Waals surface area (Å²) in [5.41, 5.74) is 2.78. The van der Waals surface area contributed by atoms with E-state index < -0.39 is 0 Å². The average molecular weight is 513 g/mol. The molecule has 5 rings (SSSR count). The van der Waals surface area contributed by atoms with Gasteiger partial charge in [0.25, 0.3) is 5.56 Å². The molecule has 1 fully saturated rings. The molecular weight excluding hydrogens is 485 g/mol. The van der Waals surface area contributed by atoms with E-state index in [-0.39, 0.29) is 23.3 Å². The van der Waals surface area contributed by atoms with E-state index in [1.54, 1.807) is 11.3 Å². The second-order valence-corrected chi connectivity index (χ2v) is 12.4. The summed E-state index contributed by atoms with van der Waals surface area (Å²) >= 11 is 4.41. The molecule has 0 aliphatic heterocycles. The SMILES string of the molecule is Cc1sc2nc(SCC(=O)Nc3sc4c(c3C#N)CCCC4)n(C3CCCCC3)c(=O)c2c1C. The summed E-state index contributed by atoms with van der Waals surface area (Å²) in [5.74, 6) is -0.00952. The predicted molar refractivity (Wildman–Crippen MR) is 141 cm³/mol. The van der Waals surface area contributed by atoms with Gasteiger partial charge in [-0.15, -0.1) is 22.7 Å². The molecule has 3 heterocycles. The third-order valence-electron chi connectivity index (χ3n) is 7.01. The Morgan fingerprint density at radius 2 is 1.94 bits per heavy atom. The smallest absolute Gasteiger partial charge is 0.263 e. The van der Waals surface area contributed by atoms with Crippen LogP contribution in [0.15, 0.2) is 9.95 Å². The molecule has 0 radical (unpaired) electrons. The van der Waals surface area contributed by atoms with Gasteiger partial charge in [-0.2, -0.15) is 5.26 Å². The first-order valence-corrected chi connectivity index (χ1v) is 14.6. The van der Waals surface area contributed by atoms with Crippen molar-refractivity contribution < 1.29 is 4.79 Å². The van der Waals surface area contributed by atoms with Crippen LogP contribution in [0.2, 0.25) is 0 Å². The first kappa shape index (κ1) is 23.6. The van der Waals surface area contributed by atoms with E-state index in [1.165, 1.54) is 34.4 Å². The Kier molecular flexibility index (Phi) is 6.83. The third-order valence-corrected chi connectivity index (χ3v) is 10.3. The molecule has 0 saturated heterocycles. The summed E-state index contributed by atoms with van der Waals surface area (Å²) in [6, 6.07) is 2.44. The van der Waals surface area contributed by atoms with E-state index in [0.717, 1.165) is 77.6 Å². The number of nitriles is 1. The van der Waals surface area contributed by atoms with Crippen LogP contribution in [0.3, 0.4) is 0 Å². The van der Waals surface area contributed by atoms with Crippen molar-refractivity contribution in [1.82, 2.24) is 9.55 Å². The number of fused-ring (bicyclic) bond motifs is 2. The van der Waals surface area contributed by atoms with Gasteiger partial charge in [0.2, 0.25) is 5.91 Å². The molecule has 1 saturated carbocycles. The molecule has 0 bridgehead atoms. The molecule has 2 aliphatic rings. The first-order valence-electron chi connectivity index (χ1n) is 12.0. The van der Waals surface area contributed by atoms with Gasteiger partial charge in [-0.05, 0) is 63.5 Å². The van der Waals surface area contributed by atoms with Crippen molar-refractivity contribution in [2.45, 2.75) is 82.8 Å². The summed E-state index contributed by atoms with van der Waals surface area (Å²) in [6.45, 7) is 4.02. The van der Waals surface area contributed by atoms with Crippen molar-refractivity contribution in [1.29, 1.82) is 5.26 Å². The molecule has 1 N–H and O–H groups in total. The van der Waals surface area contributed by atoms with Crippen LogP contribution in [0.25, 0.3) is 10.2 Å². The maximum absolute atomic E-state index is 13.6. The Morgan fingerprint density at radius 3 is 2.71 bits per heavy atom. The molecule has 6 nitrogen and oxygen atoms in total. The Morgan fingerprint density at radius 1 is 1.18 bits per heavy atom. The molecule has 34 heavy (non-hydrogen) atoms. The van der Waals surface area contributed by atoms with E-state index in [1.807, 2.05) is 18.4 Å². The molecular formula is C25H28N4O2S3. The summed E-state index contributed by atoms with van der Waals surface area (Å²) in [6.07, 6.45) is 9.50. The van der Waals surface area contributed by atoms with E-state index in [9.17, 15) is 14.9 Å². The highest BCUT2D eigenvalue weighted by Gasteiger charge is 2.25.